The Hall–Kier alpha value is -0.400. The van der Waals surface area contributed by atoms with Gasteiger partial charge in [0.2, 0.25) is 0 Å². The molecule has 0 aliphatic carbocycles. The summed E-state index contributed by atoms with van der Waals surface area (Å²) in [7, 11) is -3.44. The minimum Gasteiger partial charge on any atom is -0.332 e. The maximum absolute atomic E-state index is 11.8. The summed E-state index contributed by atoms with van der Waals surface area (Å²) in [4.78, 5) is 6.74. The van der Waals surface area contributed by atoms with E-state index in [0.29, 0.717) is 18.8 Å². The van der Waals surface area contributed by atoms with Crippen LogP contribution in [0.5, 0.6) is 0 Å². The van der Waals surface area contributed by atoms with Gasteiger partial charge in [-0.3, -0.25) is 0 Å². The number of imidazole rings is 1. The van der Waals surface area contributed by atoms with Crippen molar-refractivity contribution in [2.75, 3.05) is 11.9 Å². The van der Waals surface area contributed by atoms with Crippen LogP contribution in [0.25, 0.3) is 0 Å². The van der Waals surface area contributed by atoms with Gasteiger partial charge in [0, 0.05) is 18.3 Å². The molecule has 1 unspecified atom stereocenters. The number of hydrogen-bond donors (Lipinski definition) is 2. The number of rotatable bonds is 6. The smallest absolute Gasteiger partial charge is 0.257 e. The lowest BCUT2D eigenvalue weighted by atomic mass is 10.2. The van der Waals surface area contributed by atoms with Crippen molar-refractivity contribution in [1.82, 2.24) is 14.7 Å². The van der Waals surface area contributed by atoms with Gasteiger partial charge in [-0.25, -0.2) is 18.1 Å². The minimum absolute atomic E-state index is 0.131. The third kappa shape index (κ3) is 3.57. The van der Waals surface area contributed by atoms with E-state index in [1.807, 2.05) is 13.8 Å². The molecule has 16 heavy (non-hydrogen) atoms. The molecule has 1 rings (SSSR count). The van der Waals surface area contributed by atoms with Crippen LogP contribution < -0.4 is 4.72 Å². The van der Waals surface area contributed by atoms with Gasteiger partial charge in [0.05, 0.1) is 6.20 Å². The number of alkyl halides is 1. The maximum atomic E-state index is 11.8. The average Bonchev–Trinajstić information content (AvgIpc) is 2.75. The first-order valence-electron chi connectivity index (χ1n) is 5.09. The predicted molar refractivity (Wildman–Crippen MR) is 66.1 cm³/mol. The fourth-order valence-electron chi connectivity index (χ4n) is 1.04. The van der Waals surface area contributed by atoms with Gasteiger partial charge in [0.25, 0.3) is 10.0 Å². The Morgan fingerprint density at radius 2 is 2.31 bits per heavy atom. The summed E-state index contributed by atoms with van der Waals surface area (Å²) in [6.07, 6.45) is 2.04. The summed E-state index contributed by atoms with van der Waals surface area (Å²) in [6, 6.07) is 0. The molecule has 0 fully saturated rings. The quantitative estimate of drug-likeness (QED) is 0.777. The maximum Gasteiger partial charge on any atom is 0.257 e. The highest BCUT2D eigenvalue weighted by Crippen LogP contribution is 2.07. The van der Waals surface area contributed by atoms with Crippen LogP contribution in [0.2, 0.25) is 0 Å². The molecule has 0 aliphatic rings. The normalized spacial score (nSPS) is 13.9. The van der Waals surface area contributed by atoms with E-state index in [-0.39, 0.29) is 10.9 Å². The lowest BCUT2D eigenvalue weighted by Crippen LogP contribution is -2.29. The zero-order valence-electron chi connectivity index (χ0n) is 9.33. The van der Waals surface area contributed by atoms with Gasteiger partial charge in [-0.15, -0.1) is 0 Å². The molecule has 7 heteroatoms. The molecule has 0 spiro atoms. The number of aromatic amines is 1. The van der Waals surface area contributed by atoms with Gasteiger partial charge in [-0.1, -0.05) is 29.8 Å². The monoisotopic (exact) mass is 309 g/mol. The fraction of sp³-hybridized carbons (Fsp3) is 0.667. The number of hydrogen-bond acceptors (Lipinski definition) is 3. The van der Waals surface area contributed by atoms with E-state index >= 15 is 0 Å². The Balaban J connectivity index is 2.70. The lowest BCUT2D eigenvalue weighted by molar-refractivity contribution is 0.560. The number of aromatic nitrogens is 2. The number of nitrogens with one attached hydrogen (secondary N) is 2. The van der Waals surface area contributed by atoms with E-state index < -0.39 is 10.0 Å². The fourth-order valence-corrected chi connectivity index (χ4v) is 2.38. The van der Waals surface area contributed by atoms with Gasteiger partial charge in [-0.05, 0) is 5.92 Å². The Kier molecular flexibility index (Phi) is 4.94. The summed E-state index contributed by atoms with van der Waals surface area (Å²) >= 11 is 3.30. The molecule has 1 aromatic heterocycles. The second-order valence-corrected chi connectivity index (χ2v) is 6.04. The van der Waals surface area contributed by atoms with Crippen molar-refractivity contribution in [2.24, 2.45) is 5.92 Å². The number of sulfonamides is 1. The molecule has 1 atom stereocenters. The first kappa shape index (κ1) is 13.7. The van der Waals surface area contributed by atoms with Gasteiger partial charge in [0.1, 0.15) is 5.82 Å². The lowest BCUT2D eigenvalue weighted by Gasteiger charge is -2.08. The van der Waals surface area contributed by atoms with E-state index in [4.69, 9.17) is 0 Å². The molecule has 0 amide bonds. The zero-order valence-corrected chi connectivity index (χ0v) is 11.7. The number of halogens is 1. The van der Waals surface area contributed by atoms with Crippen LogP contribution in [0.3, 0.4) is 0 Å². The molecular weight excluding hydrogens is 294 g/mol. The first-order chi connectivity index (χ1) is 7.49. The van der Waals surface area contributed by atoms with Crippen molar-refractivity contribution in [2.45, 2.75) is 25.3 Å². The molecule has 0 saturated heterocycles. The summed E-state index contributed by atoms with van der Waals surface area (Å²) < 4.78 is 26.1. The predicted octanol–water partition coefficient (Wildman–Crippen LogP) is 1.28. The van der Waals surface area contributed by atoms with Crippen LogP contribution in [0.4, 0.5) is 0 Å². The Morgan fingerprint density at radius 3 is 2.81 bits per heavy atom. The summed E-state index contributed by atoms with van der Waals surface area (Å²) in [5, 5.41) is 0.893. The van der Waals surface area contributed by atoms with Crippen molar-refractivity contribution in [1.29, 1.82) is 0 Å². The highest BCUT2D eigenvalue weighted by Gasteiger charge is 2.17. The van der Waals surface area contributed by atoms with Crippen molar-refractivity contribution >= 4 is 26.0 Å². The molecule has 92 valence electrons. The van der Waals surface area contributed by atoms with Crippen LogP contribution in [0, 0.1) is 5.92 Å². The highest BCUT2D eigenvalue weighted by atomic mass is 79.9. The molecule has 5 nitrogen and oxygen atoms in total. The van der Waals surface area contributed by atoms with Gasteiger partial charge >= 0.3 is 0 Å². The summed E-state index contributed by atoms with van der Waals surface area (Å²) in [6.45, 7) is 4.28. The molecule has 2 N–H and O–H groups in total. The van der Waals surface area contributed by atoms with E-state index in [1.54, 1.807) is 0 Å². The van der Waals surface area contributed by atoms with Gasteiger partial charge < -0.3 is 4.98 Å². The SMILES string of the molecule is CCc1ncc(S(=O)(=O)NCC(C)CBr)[nH]1. The Morgan fingerprint density at radius 1 is 1.62 bits per heavy atom. The molecular formula is C9H16BrN3O2S. The van der Waals surface area contributed by atoms with Crippen LogP contribution in [-0.2, 0) is 16.4 Å². The van der Waals surface area contributed by atoms with Gasteiger partial charge in [-0.2, -0.15) is 0 Å². The topological polar surface area (TPSA) is 74.8 Å². The standard InChI is InChI=1S/C9H16BrN3O2S/c1-3-8-11-6-9(13-8)16(14,15)12-5-7(2)4-10/h6-7,12H,3-5H2,1-2H3,(H,11,13). The van der Waals surface area contributed by atoms with Crippen molar-refractivity contribution in [3.05, 3.63) is 12.0 Å². The first-order valence-corrected chi connectivity index (χ1v) is 7.69. The van der Waals surface area contributed by atoms with E-state index in [1.165, 1.54) is 6.20 Å². The molecule has 1 aromatic rings. The largest absolute Gasteiger partial charge is 0.332 e. The number of nitrogens with zero attached hydrogens (tertiary/aromatic N) is 1. The summed E-state index contributed by atoms with van der Waals surface area (Å²) in [5.74, 6) is 0.928. The molecule has 0 saturated carbocycles. The second-order valence-electron chi connectivity index (χ2n) is 3.66. The van der Waals surface area contributed by atoms with E-state index in [9.17, 15) is 8.42 Å². The Labute approximate surface area is 104 Å². The zero-order chi connectivity index (χ0) is 12.2. The van der Waals surface area contributed by atoms with Crippen molar-refractivity contribution in [3.8, 4) is 0 Å². The third-order valence-corrected chi connectivity index (χ3v) is 4.55. The highest BCUT2D eigenvalue weighted by molar-refractivity contribution is 9.09. The van der Waals surface area contributed by atoms with Crippen LogP contribution in [0.15, 0.2) is 11.2 Å². The van der Waals surface area contributed by atoms with Gasteiger partial charge in [0.15, 0.2) is 5.03 Å². The average molecular weight is 310 g/mol. The van der Waals surface area contributed by atoms with Crippen LogP contribution in [0.1, 0.15) is 19.7 Å². The third-order valence-electron chi connectivity index (χ3n) is 2.11. The molecule has 0 bridgehead atoms. The van der Waals surface area contributed by atoms with E-state index in [0.717, 1.165) is 5.33 Å². The number of H-pyrrole nitrogens is 1. The number of aryl methyl sites for hydroxylation is 1. The minimum atomic E-state index is -3.44. The summed E-state index contributed by atoms with van der Waals surface area (Å²) in [5.41, 5.74) is 0. The van der Waals surface area contributed by atoms with Crippen LogP contribution >= 0.6 is 15.9 Å². The molecule has 0 radical (unpaired) electrons. The van der Waals surface area contributed by atoms with E-state index in [2.05, 4.69) is 30.6 Å². The van der Waals surface area contributed by atoms with Crippen molar-refractivity contribution < 1.29 is 8.42 Å². The molecule has 1 heterocycles. The Bertz CT molecular complexity index is 430. The molecule has 0 aliphatic heterocycles. The van der Waals surface area contributed by atoms with Crippen molar-refractivity contribution in [3.63, 3.8) is 0 Å². The van der Waals surface area contributed by atoms with Crippen LogP contribution in [-0.4, -0.2) is 30.3 Å². The second kappa shape index (κ2) is 5.79. The molecule has 0 aromatic carbocycles.